The Bertz CT molecular complexity index is 1260. The van der Waals surface area contributed by atoms with Gasteiger partial charge in [-0.2, -0.15) is 5.10 Å². The van der Waals surface area contributed by atoms with Crippen LogP contribution in [-0.2, 0) is 6.42 Å². The van der Waals surface area contributed by atoms with E-state index in [1.165, 1.54) is 12.1 Å². The third-order valence-corrected chi connectivity index (χ3v) is 5.94. The lowest BCUT2D eigenvalue weighted by Gasteiger charge is -2.24. The quantitative estimate of drug-likeness (QED) is 0.336. The minimum atomic E-state index is -0.546. The van der Waals surface area contributed by atoms with Crippen LogP contribution in [0, 0.1) is 11.7 Å². The van der Waals surface area contributed by atoms with E-state index in [0.29, 0.717) is 22.8 Å². The van der Waals surface area contributed by atoms with Crippen molar-refractivity contribution >= 4 is 17.5 Å². The summed E-state index contributed by atoms with van der Waals surface area (Å²) in [5, 5.41) is 20.4. The fourth-order valence-corrected chi connectivity index (χ4v) is 3.84. The molecular weight excluding hydrogens is 455 g/mol. The maximum Gasteiger partial charge on any atom is 0.252 e. The van der Waals surface area contributed by atoms with Crippen molar-refractivity contribution in [2.75, 3.05) is 6.61 Å². The van der Waals surface area contributed by atoms with Gasteiger partial charge in [0.2, 0.25) is 0 Å². The number of carbonyl (C=O) groups excluding carboxylic acids is 1. The molecule has 0 aliphatic carbocycles. The number of aliphatic hydroxyl groups is 1. The number of nitrogens with zero attached hydrogens (tertiary/aromatic N) is 2. The van der Waals surface area contributed by atoms with E-state index in [1.807, 2.05) is 37.3 Å². The van der Waals surface area contributed by atoms with Crippen LogP contribution >= 0.6 is 11.6 Å². The SMILES string of the molecule is CC(CO)[C@@H](Cc1ccccn1)NC(=O)c1cccc(F)c1-c1cc(-c2ccc(Cl)cc2)n[nH]1. The highest BCUT2D eigenvalue weighted by Gasteiger charge is 2.24. The Labute approximate surface area is 201 Å². The number of benzene rings is 2. The molecule has 2 aromatic carbocycles. The van der Waals surface area contributed by atoms with E-state index in [4.69, 9.17) is 11.6 Å². The Kier molecular flexibility index (Phi) is 7.35. The van der Waals surface area contributed by atoms with E-state index in [0.717, 1.165) is 11.3 Å². The van der Waals surface area contributed by atoms with Gasteiger partial charge in [-0.15, -0.1) is 0 Å². The molecule has 2 aromatic heterocycles. The number of pyridine rings is 1. The first-order valence-corrected chi connectivity index (χ1v) is 11.3. The third kappa shape index (κ3) is 5.32. The van der Waals surface area contributed by atoms with E-state index in [2.05, 4.69) is 20.5 Å². The van der Waals surface area contributed by atoms with Crippen LogP contribution in [0.4, 0.5) is 4.39 Å². The summed E-state index contributed by atoms with van der Waals surface area (Å²) in [5.74, 6) is -1.22. The molecule has 8 heteroatoms. The smallest absolute Gasteiger partial charge is 0.252 e. The number of rotatable bonds is 8. The molecule has 0 saturated carbocycles. The Morgan fingerprint density at radius 2 is 1.94 bits per heavy atom. The molecule has 4 rings (SSSR count). The molecule has 0 bridgehead atoms. The average Bonchev–Trinajstić information content (AvgIpc) is 3.33. The molecule has 6 nitrogen and oxygen atoms in total. The molecular formula is C26H24ClFN4O2. The lowest BCUT2D eigenvalue weighted by atomic mass is 9.96. The number of carbonyl (C=O) groups is 1. The summed E-state index contributed by atoms with van der Waals surface area (Å²) in [6.45, 7) is 1.73. The van der Waals surface area contributed by atoms with Gasteiger partial charge in [-0.1, -0.05) is 42.8 Å². The van der Waals surface area contributed by atoms with Crippen molar-refractivity contribution in [3.63, 3.8) is 0 Å². The van der Waals surface area contributed by atoms with Crippen molar-refractivity contribution in [1.82, 2.24) is 20.5 Å². The summed E-state index contributed by atoms with van der Waals surface area (Å²) in [5.41, 5.74) is 2.87. The highest BCUT2D eigenvalue weighted by molar-refractivity contribution is 6.30. The predicted octanol–water partition coefficient (Wildman–Crippen LogP) is 4.90. The van der Waals surface area contributed by atoms with Gasteiger partial charge in [-0.05, 0) is 48.4 Å². The highest BCUT2D eigenvalue weighted by Crippen LogP contribution is 2.29. The second-order valence-corrected chi connectivity index (χ2v) is 8.54. The van der Waals surface area contributed by atoms with Crippen molar-refractivity contribution in [2.24, 2.45) is 5.92 Å². The first-order valence-electron chi connectivity index (χ1n) is 10.9. The van der Waals surface area contributed by atoms with Crippen LogP contribution in [0.1, 0.15) is 23.0 Å². The molecule has 1 amide bonds. The highest BCUT2D eigenvalue weighted by atomic mass is 35.5. The van der Waals surface area contributed by atoms with Crippen LogP contribution in [0.5, 0.6) is 0 Å². The Balaban J connectivity index is 1.63. The van der Waals surface area contributed by atoms with Crippen molar-refractivity contribution in [1.29, 1.82) is 0 Å². The van der Waals surface area contributed by atoms with Crippen molar-refractivity contribution in [3.8, 4) is 22.5 Å². The molecule has 0 spiro atoms. The zero-order chi connectivity index (χ0) is 24.1. The van der Waals surface area contributed by atoms with Crippen molar-refractivity contribution < 1.29 is 14.3 Å². The molecule has 34 heavy (non-hydrogen) atoms. The van der Waals surface area contributed by atoms with Gasteiger partial charge in [-0.3, -0.25) is 14.9 Å². The van der Waals surface area contributed by atoms with Crippen LogP contribution in [0.15, 0.2) is 72.9 Å². The number of aromatic nitrogens is 3. The van der Waals surface area contributed by atoms with Gasteiger partial charge in [-0.25, -0.2) is 4.39 Å². The van der Waals surface area contributed by atoms with E-state index in [9.17, 15) is 14.3 Å². The van der Waals surface area contributed by atoms with Crippen molar-refractivity contribution in [2.45, 2.75) is 19.4 Å². The van der Waals surface area contributed by atoms with Gasteiger partial charge < -0.3 is 10.4 Å². The Morgan fingerprint density at radius 3 is 2.65 bits per heavy atom. The van der Waals surface area contributed by atoms with E-state index >= 15 is 0 Å². The lowest BCUT2D eigenvalue weighted by Crippen LogP contribution is -2.42. The molecule has 0 aliphatic rings. The van der Waals surface area contributed by atoms with Crippen LogP contribution < -0.4 is 5.32 Å². The number of hydrogen-bond acceptors (Lipinski definition) is 4. The van der Waals surface area contributed by atoms with Gasteiger partial charge in [0.1, 0.15) is 5.82 Å². The minimum Gasteiger partial charge on any atom is -0.396 e. The summed E-state index contributed by atoms with van der Waals surface area (Å²) in [7, 11) is 0. The average molecular weight is 479 g/mol. The van der Waals surface area contributed by atoms with Crippen LogP contribution in [0.25, 0.3) is 22.5 Å². The minimum absolute atomic E-state index is 0.112. The second kappa shape index (κ2) is 10.6. The zero-order valence-electron chi connectivity index (χ0n) is 18.5. The summed E-state index contributed by atoms with van der Waals surface area (Å²) in [4.78, 5) is 17.6. The molecule has 0 saturated heterocycles. The van der Waals surface area contributed by atoms with E-state index in [-0.39, 0.29) is 23.7 Å². The summed E-state index contributed by atoms with van der Waals surface area (Å²) in [6.07, 6.45) is 2.11. The van der Waals surface area contributed by atoms with Crippen LogP contribution in [0.3, 0.4) is 0 Å². The number of hydrogen-bond donors (Lipinski definition) is 3. The van der Waals surface area contributed by atoms with Crippen molar-refractivity contribution in [3.05, 3.63) is 95.0 Å². The predicted molar refractivity (Wildman–Crippen MR) is 130 cm³/mol. The monoisotopic (exact) mass is 478 g/mol. The van der Waals surface area contributed by atoms with Gasteiger partial charge in [0.15, 0.2) is 0 Å². The molecule has 0 aliphatic heterocycles. The first kappa shape index (κ1) is 23.6. The molecule has 174 valence electrons. The molecule has 1 unspecified atom stereocenters. The van der Waals surface area contributed by atoms with Crippen LogP contribution in [-0.4, -0.2) is 38.8 Å². The number of aliphatic hydroxyl groups excluding tert-OH is 1. The van der Waals surface area contributed by atoms with Gasteiger partial charge in [0, 0.05) is 47.1 Å². The fourth-order valence-electron chi connectivity index (χ4n) is 3.72. The van der Waals surface area contributed by atoms with Gasteiger partial charge >= 0.3 is 0 Å². The summed E-state index contributed by atoms with van der Waals surface area (Å²) >= 11 is 5.96. The topological polar surface area (TPSA) is 90.9 Å². The maximum absolute atomic E-state index is 15.0. The number of amides is 1. The summed E-state index contributed by atoms with van der Waals surface area (Å²) < 4.78 is 15.0. The van der Waals surface area contributed by atoms with E-state index in [1.54, 1.807) is 30.5 Å². The third-order valence-electron chi connectivity index (χ3n) is 5.69. The standard InChI is InChI=1S/C26H24ClFN4O2/c1-16(15-33)22(13-19-5-2-3-12-29-19)30-26(34)20-6-4-7-21(28)25(20)24-14-23(31-32-24)17-8-10-18(27)11-9-17/h2-12,14,16,22,33H,13,15H2,1H3,(H,30,34)(H,31,32)/t16?,22-/m1/s1. The number of H-pyrrole nitrogens is 1. The molecule has 0 radical (unpaired) electrons. The largest absolute Gasteiger partial charge is 0.396 e. The maximum atomic E-state index is 15.0. The number of halogens is 2. The first-order chi connectivity index (χ1) is 16.5. The molecule has 2 heterocycles. The number of aromatic amines is 1. The van der Waals surface area contributed by atoms with Gasteiger partial charge in [0.05, 0.1) is 17.0 Å². The Morgan fingerprint density at radius 1 is 1.15 bits per heavy atom. The summed E-state index contributed by atoms with van der Waals surface area (Å²) in [6, 6.07) is 18.3. The normalized spacial score (nSPS) is 12.8. The molecule has 0 fully saturated rings. The van der Waals surface area contributed by atoms with Crippen LogP contribution in [0.2, 0.25) is 5.02 Å². The zero-order valence-corrected chi connectivity index (χ0v) is 19.3. The molecule has 2 atom stereocenters. The number of nitrogens with one attached hydrogen (secondary N) is 2. The molecule has 3 N–H and O–H groups in total. The van der Waals surface area contributed by atoms with E-state index < -0.39 is 17.8 Å². The lowest BCUT2D eigenvalue weighted by molar-refractivity contribution is 0.0909. The Hall–Kier alpha value is -3.55. The fraction of sp³-hybridized carbons (Fsp3) is 0.192. The molecule has 4 aromatic rings. The second-order valence-electron chi connectivity index (χ2n) is 8.10. The van der Waals surface area contributed by atoms with Gasteiger partial charge in [0.25, 0.3) is 5.91 Å².